The molecule has 0 aliphatic carbocycles. The van der Waals surface area contributed by atoms with Gasteiger partial charge in [0.25, 0.3) is 0 Å². The van der Waals surface area contributed by atoms with Gasteiger partial charge >= 0.3 is 0 Å². The van der Waals surface area contributed by atoms with E-state index in [9.17, 15) is 0 Å². The number of nitrogens with one attached hydrogen (secondary N) is 1. The molecule has 0 unspecified atom stereocenters. The van der Waals surface area contributed by atoms with Crippen LogP contribution in [0.25, 0.3) is 0 Å². The van der Waals surface area contributed by atoms with Gasteiger partial charge in [-0.05, 0) is 36.8 Å². The molecule has 0 aromatic heterocycles. The molecule has 3 atom stereocenters. The molecule has 6 heteroatoms. The van der Waals surface area contributed by atoms with E-state index < -0.39 is 0 Å². The lowest BCUT2D eigenvalue weighted by molar-refractivity contribution is -0.0775. The predicted molar refractivity (Wildman–Crippen MR) is 94.6 cm³/mol. The molecule has 2 aliphatic rings. The zero-order valence-electron chi connectivity index (χ0n) is 13.9. The smallest absolute Gasteiger partial charge is 0.231 e. The van der Waals surface area contributed by atoms with Gasteiger partial charge in [-0.1, -0.05) is 23.7 Å². The van der Waals surface area contributed by atoms with Gasteiger partial charge in [-0.25, -0.2) is 0 Å². The van der Waals surface area contributed by atoms with Gasteiger partial charge in [0.2, 0.25) is 6.79 Å². The SMILES string of the molecule is C[C@@H]1NC[C@@H](COc2ccc3cc2OCO3)O[C@@H]1c1cccc(Cl)c1. The number of morpholine rings is 1. The van der Waals surface area contributed by atoms with Gasteiger partial charge in [-0.3, -0.25) is 0 Å². The standard InChI is InChI=1S/C19H20ClNO4/c1-12-19(13-3-2-4-14(20)7-13)25-16(9-21-12)10-22-17-6-5-15-8-18(17)24-11-23-15/h2-8,12,16,19,21H,9-11H2,1H3/t12-,16-,19-/m0/s1. The van der Waals surface area contributed by atoms with E-state index in [4.69, 9.17) is 30.5 Å². The van der Waals surface area contributed by atoms with E-state index in [1.54, 1.807) is 0 Å². The van der Waals surface area contributed by atoms with Crippen LogP contribution in [0.2, 0.25) is 5.02 Å². The summed E-state index contributed by atoms with van der Waals surface area (Å²) in [5, 5.41) is 4.20. The number of hydrogen-bond acceptors (Lipinski definition) is 5. The van der Waals surface area contributed by atoms with Crippen LogP contribution >= 0.6 is 11.6 Å². The van der Waals surface area contributed by atoms with Crippen LogP contribution in [0, 0.1) is 0 Å². The highest BCUT2D eigenvalue weighted by atomic mass is 35.5. The van der Waals surface area contributed by atoms with E-state index in [-0.39, 0.29) is 25.0 Å². The highest BCUT2D eigenvalue weighted by Crippen LogP contribution is 2.35. The van der Waals surface area contributed by atoms with E-state index >= 15 is 0 Å². The van der Waals surface area contributed by atoms with Gasteiger partial charge in [0, 0.05) is 23.7 Å². The second kappa shape index (κ2) is 7.12. The molecule has 2 aromatic rings. The van der Waals surface area contributed by atoms with Gasteiger partial charge in [-0.15, -0.1) is 0 Å². The largest absolute Gasteiger partial charge is 0.487 e. The Morgan fingerprint density at radius 3 is 3.00 bits per heavy atom. The topological polar surface area (TPSA) is 49.0 Å². The number of ether oxygens (including phenoxy) is 4. The van der Waals surface area contributed by atoms with Crippen molar-refractivity contribution in [1.29, 1.82) is 0 Å². The van der Waals surface area contributed by atoms with Gasteiger partial charge < -0.3 is 24.3 Å². The summed E-state index contributed by atoms with van der Waals surface area (Å²) in [6.45, 7) is 3.50. The molecule has 0 radical (unpaired) electrons. The number of benzene rings is 2. The molecule has 1 saturated heterocycles. The van der Waals surface area contributed by atoms with E-state index in [0.717, 1.165) is 17.9 Å². The highest BCUT2D eigenvalue weighted by molar-refractivity contribution is 6.30. The zero-order chi connectivity index (χ0) is 17.2. The summed E-state index contributed by atoms with van der Waals surface area (Å²) >= 11 is 6.12. The number of halogens is 1. The Balaban J connectivity index is 1.42. The van der Waals surface area contributed by atoms with E-state index in [0.29, 0.717) is 23.1 Å². The van der Waals surface area contributed by atoms with Crippen molar-refractivity contribution in [2.75, 3.05) is 19.9 Å². The van der Waals surface area contributed by atoms with Crippen molar-refractivity contribution >= 4 is 11.6 Å². The number of rotatable bonds is 4. The molecule has 2 bridgehead atoms. The summed E-state index contributed by atoms with van der Waals surface area (Å²) in [5.41, 5.74) is 1.07. The summed E-state index contributed by atoms with van der Waals surface area (Å²) in [7, 11) is 0. The molecule has 0 saturated carbocycles. The maximum Gasteiger partial charge on any atom is 0.231 e. The molecule has 2 aliphatic heterocycles. The van der Waals surface area contributed by atoms with Gasteiger partial charge in [0.15, 0.2) is 11.5 Å². The van der Waals surface area contributed by atoms with Crippen LogP contribution < -0.4 is 19.5 Å². The predicted octanol–water partition coefficient (Wildman–Crippen LogP) is 3.57. The van der Waals surface area contributed by atoms with E-state index in [2.05, 4.69) is 12.2 Å². The Hall–Kier alpha value is -1.95. The normalized spacial score (nSPS) is 25.0. The third-order valence-corrected chi connectivity index (χ3v) is 4.65. The van der Waals surface area contributed by atoms with E-state index in [1.165, 1.54) is 0 Å². The Labute approximate surface area is 151 Å². The fraction of sp³-hybridized carbons (Fsp3) is 0.368. The van der Waals surface area contributed by atoms with Crippen LogP contribution in [0.1, 0.15) is 18.6 Å². The van der Waals surface area contributed by atoms with Crippen LogP contribution in [-0.4, -0.2) is 32.1 Å². The first-order valence-electron chi connectivity index (χ1n) is 8.36. The van der Waals surface area contributed by atoms with Crippen LogP contribution in [0.5, 0.6) is 17.2 Å². The summed E-state index contributed by atoms with van der Waals surface area (Å²) in [6.07, 6.45) is -0.127. The van der Waals surface area contributed by atoms with Crippen molar-refractivity contribution < 1.29 is 18.9 Å². The molecule has 132 valence electrons. The Kier molecular flexibility index (Phi) is 4.70. The molecule has 2 heterocycles. The minimum absolute atomic E-state index is 0.0631. The number of hydrogen-bond donors (Lipinski definition) is 1. The third-order valence-electron chi connectivity index (χ3n) is 4.42. The van der Waals surface area contributed by atoms with Crippen molar-refractivity contribution in [2.45, 2.75) is 25.2 Å². The molecule has 0 amide bonds. The molecular weight excluding hydrogens is 342 g/mol. The molecular formula is C19H20ClNO4. The average Bonchev–Trinajstić information content (AvgIpc) is 2.62. The fourth-order valence-electron chi connectivity index (χ4n) is 3.10. The van der Waals surface area contributed by atoms with Crippen molar-refractivity contribution in [3.8, 4) is 17.2 Å². The Bertz CT molecular complexity index is 754. The van der Waals surface area contributed by atoms with E-state index in [1.807, 2.05) is 42.5 Å². The lowest BCUT2D eigenvalue weighted by atomic mass is 10.0. The highest BCUT2D eigenvalue weighted by Gasteiger charge is 2.30. The van der Waals surface area contributed by atoms with Crippen molar-refractivity contribution in [2.24, 2.45) is 0 Å². The van der Waals surface area contributed by atoms with Crippen LogP contribution in [0.4, 0.5) is 0 Å². The summed E-state index contributed by atoms with van der Waals surface area (Å²) in [4.78, 5) is 0. The Morgan fingerprint density at radius 1 is 1.20 bits per heavy atom. The van der Waals surface area contributed by atoms with Crippen molar-refractivity contribution in [1.82, 2.24) is 5.32 Å². The average molecular weight is 362 g/mol. The number of fused-ring (bicyclic) bond motifs is 2. The lowest BCUT2D eigenvalue weighted by Gasteiger charge is -2.36. The molecule has 0 spiro atoms. The second-order valence-corrected chi connectivity index (χ2v) is 6.69. The van der Waals surface area contributed by atoms with Gasteiger partial charge in [-0.2, -0.15) is 0 Å². The monoisotopic (exact) mass is 361 g/mol. The summed E-state index contributed by atoms with van der Waals surface area (Å²) < 4.78 is 22.9. The fourth-order valence-corrected chi connectivity index (χ4v) is 3.30. The molecule has 5 nitrogen and oxygen atoms in total. The molecule has 1 N–H and O–H groups in total. The first-order chi connectivity index (χ1) is 12.2. The minimum atomic E-state index is -0.0635. The van der Waals surface area contributed by atoms with Crippen molar-refractivity contribution in [3.05, 3.63) is 53.1 Å². The van der Waals surface area contributed by atoms with Crippen LogP contribution in [-0.2, 0) is 4.74 Å². The van der Waals surface area contributed by atoms with Gasteiger partial charge in [0.1, 0.15) is 18.5 Å². The minimum Gasteiger partial charge on any atom is -0.487 e. The van der Waals surface area contributed by atoms with Gasteiger partial charge in [0.05, 0.1) is 6.10 Å². The quantitative estimate of drug-likeness (QED) is 0.902. The Morgan fingerprint density at radius 2 is 2.12 bits per heavy atom. The second-order valence-electron chi connectivity index (χ2n) is 6.26. The summed E-state index contributed by atoms with van der Waals surface area (Å²) in [6, 6.07) is 13.6. The lowest BCUT2D eigenvalue weighted by Crippen LogP contribution is -2.48. The van der Waals surface area contributed by atoms with Crippen LogP contribution in [0.15, 0.2) is 42.5 Å². The molecule has 25 heavy (non-hydrogen) atoms. The maximum atomic E-state index is 6.26. The zero-order valence-corrected chi connectivity index (χ0v) is 14.7. The molecule has 2 aromatic carbocycles. The van der Waals surface area contributed by atoms with Crippen LogP contribution in [0.3, 0.4) is 0 Å². The first-order valence-corrected chi connectivity index (χ1v) is 8.73. The van der Waals surface area contributed by atoms with Crippen molar-refractivity contribution in [3.63, 3.8) is 0 Å². The maximum absolute atomic E-state index is 6.26. The molecule has 1 fully saturated rings. The summed E-state index contributed by atoms with van der Waals surface area (Å²) in [5.74, 6) is 2.19. The third kappa shape index (κ3) is 3.68. The first kappa shape index (κ1) is 16.5. The molecule has 4 rings (SSSR count).